The summed E-state index contributed by atoms with van der Waals surface area (Å²) in [6.45, 7) is 8.16. The van der Waals surface area contributed by atoms with Crippen LogP contribution in [0.15, 0.2) is 54.7 Å². The number of benzene rings is 2. The molecule has 34 heavy (non-hydrogen) atoms. The zero-order valence-electron chi connectivity index (χ0n) is 19.2. The van der Waals surface area contributed by atoms with Crippen molar-refractivity contribution < 1.29 is 22.8 Å². The Kier molecular flexibility index (Phi) is 9.26. The van der Waals surface area contributed by atoms with Gasteiger partial charge in [0.2, 0.25) is 5.91 Å². The number of alkyl halides is 3. The summed E-state index contributed by atoms with van der Waals surface area (Å²) in [7, 11) is 0. The Morgan fingerprint density at radius 2 is 1.59 bits per heavy atom. The average molecular weight is 495 g/mol. The Hall–Kier alpha value is -3.33. The first kappa shape index (κ1) is 26.9. The summed E-state index contributed by atoms with van der Waals surface area (Å²) in [5.74, 6) is -0.461. The first-order chi connectivity index (χ1) is 15.9. The first-order valence-electron chi connectivity index (χ1n) is 10.5. The number of para-hydroxylation sites is 1. The van der Waals surface area contributed by atoms with Crippen LogP contribution in [-0.2, 0) is 11.0 Å². The van der Waals surface area contributed by atoms with E-state index in [2.05, 4.69) is 36.5 Å². The van der Waals surface area contributed by atoms with Crippen LogP contribution < -0.4 is 10.6 Å². The van der Waals surface area contributed by atoms with Crippen molar-refractivity contribution in [3.63, 3.8) is 0 Å². The number of amides is 2. The molecule has 182 valence electrons. The number of hydrogen-bond acceptors (Lipinski definition) is 3. The molecule has 0 aliphatic rings. The van der Waals surface area contributed by atoms with Crippen LogP contribution in [0.5, 0.6) is 0 Å². The lowest BCUT2D eigenvalue weighted by atomic mass is 10.2. The van der Waals surface area contributed by atoms with Gasteiger partial charge in [0, 0.05) is 22.8 Å². The second-order valence-corrected chi connectivity index (χ2v) is 8.40. The number of aromatic nitrogens is 2. The highest BCUT2D eigenvalue weighted by atomic mass is 35.5. The number of hydrogen-bond donors (Lipinski definition) is 2. The van der Waals surface area contributed by atoms with Gasteiger partial charge in [-0.25, -0.2) is 4.68 Å². The van der Waals surface area contributed by atoms with Crippen molar-refractivity contribution in [1.82, 2.24) is 9.78 Å². The Balaban J connectivity index is 0.000000945. The molecule has 0 saturated carbocycles. The molecule has 0 spiro atoms. The van der Waals surface area contributed by atoms with Crippen LogP contribution in [0, 0.1) is 5.92 Å². The predicted molar refractivity (Wildman–Crippen MR) is 127 cm³/mol. The standard InChI is InChI=1S/C20H16ClF3N4O2.C4H10/c1-2-17(29)26-13-8-12(21)9-14(10-13)27-19(30)16-11-25-28(18(16)20(22,23)24)15-6-4-3-5-7-15;1-4(2)3/h3-11H,2H2,1H3,(H,26,29)(H,27,30);4H,1-3H3. The normalized spacial score (nSPS) is 11.0. The number of rotatable bonds is 5. The van der Waals surface area contributed by atoms with Crippen molar-refractivity contribution in [3.05, 3.63) is 71.0 Å². The van der Waals surface area contributed by atoms with Gasteiger partial charge in [0.15, 0.2) is 5.69 Å². The predicted octanol–water partition coefficient (Wildman–Crippen LogP) is 6.81. The van der Waals surface area contributed by atoms with E-state index in [-0.39, 0.29) is 28.7 Å². The van der Waals surface area contributed by atoms with Gasteiger partial charge in [0.25, 0.3) is 5.91 Å². The number of nitrogens with zero attached hydrogens (tertiary/aromatic N) is 2. The van der Waals surface area contributed by atoms with Gasteiger partial charge < -0.3 is 10.6 Å². The van der Waals surface area contributed by atoms with E-state index in [0.29, 0.717) is 10.4 Å². The summed E-state index contributed by atoms with van der Waals surface area (Å²) < 4.78 is 41.9. The molecule has 3 rings (SSSR count). The summed E-state index contributed by atoms with van der Waals surface area (Å²) >= 11 is 6.00. The summed E-state index contributed by atoms with van der Waals surface area (Å²) in [5, 5.41) is 8.90. The van der Waals surface area contributed by atoms with Gasteiger partial charge in [0.1, 0.15) is 0 Å². The number of carbonyl (C=O) groups excluding carboxylic acids is 2. The molecule has 0 unspecified atom stereocenters. The fourth-order valence-corrected chi connectivity index (χ4v) is 2.97. The quantitative estimate of drug-likeness (QED) is 0.409. The van der Waals surface area contributed by atoms with Crippen molar-refractivity contribution >= 4 is 34.8 Å². The highest BCUT2D eigenvalue weighted by Gasteiger charge is 2.40. The minimum atomic E-state index is -4.83. The SMILES string of the molecule is CC(C)C.CCC(=O)Nc1cc(Cl)cc(NC(=O)c2cnn(-c3ccccc3)c2C(F)(F)F)c1. The van der Waals surface area contributed by atoms with Crippen molar-refractivity contribution in [2.24, 2.45) is 5.92 Å². The maximum atomic E-state index is 13.7. The van der Waals surface area contributed by atoms with Gasteiger partial charge >= 0.3 is 6.18 Å². The fourth-order valence-electron chi connectivity index (χ4n) is 2.73. The van der Waals surface area contributed by atoms with E-state index in [1.165, 1.54) is 30.3 Å². The van der Waals surface area contributed by atoms with Gasteiger partial charge in [-0.2, -0.15) is 18.3 Å². The van der Waals surface area contributed by atoms with Gasteiger partial charge in [-0.3, -0.25) is 9.59 Å². The molecule has 2 aromatic carbocycles. The maximum absolute atomic E-state index is 13.7. The molecule has 6 nitrogen and oxygen atoms in total. The van der Waals surface area contributed by atoms with Crippen molar-refractivity contribution in [2.75, 3.05) is 10.6 Å². The van der Waals surface area contributed by atoms with Gasteiger partial charge in [-0.1, -0.05) is 57.5 Å². The average Bonchev–Trinajstić information content (AvgIpc) is 3.19. The molecule has 0 saturated heterocycles. The van der Waals surface area contributed by atoms with Crippen LogP contribution in [0.4, 0.5) is 24.5 Å². The van der Waals surface area contributed by atoms with Gasteiger partial charge in [-0.05, 0) is 36.2 Å². The zero-order chi connectivity index (χ0) is 25.5. The first-order valence-corrected chi connectivity index (χ1v) is 10.9. The third-order valence-electron chi connectivity index (χ3n) is 4.04. The van der Waals surface area contributed by atoms with Crippen LogP contribution >= 0.6 is 11.6 Å². The largest absolute Gasteiger partial charge is 0.434 e. The van der Waals surface area contributed by atoms with E-state index in [1.54, 1.807) is 25.1 Å². The molecule has 2 N–H and O–H groups in total. The molecule has 0 aliphatic carbocycles. The second-order valence-electron chi connectivity index (χ2n) is 7.97. The van der Waals surface area contributed by atoms with Crippen molar-refractivity contribution in [2.45, 2.75) is 40.3 Å². The molecule has 0 radical (unpaired) electrons. The third-order valence-corrected chi connectivity index (χ3v) is 4.26. The van der Waals surface area contributed by atoms with Crippen LogP contribution in [-0.4, -0.2) is 21.6 Å². The smallest absolute Gasteiger partial charge is 0.326 e. The van der Waals surface area contributed by atoms with Crippen LogP contribution in [0.1, 0.15) is 50.2 Å². The van der Waals surface area contributed by atoms with E-state index < -0.39 is 23.3 Å². The van der Waals surface area contributed by atoms with Gasteiger partial charge in [0.05, 0.1) is 17.4 Å². The van der Waals surface area contributed by atoms with E-state index in [1.807, 2.05) is 0 Å². The molecular weight excluding hydrogens is 469 g/mol. The number of halogens is 4. The number of carbonyl (C=O) groups is 2. The minimum Gasteiger partial charge on any atom is -0.326 e. The van der Waals surface area contributed by atoms with Crippen LogP contribution in [0.3, 0.4) is 0 Å². The maximum Gasteiger partial charge on any atom is 0.434 e. The van der Waals surface area contributed by atoms with E-state index in [0.717, 1.165) is 12.1 Å². The second kappa shape index (κ2) is 11.7. The Morgan fingerprint density at radius 1 is 1.03 bits per heavy atom. The van der Waals surface area contributed by atoms with Gasteiger partial charge in [-0.15, -0.1) is 0 Å². The Labute approximate surface area is 201 Å². The minimum absolute atomic E-state index is 0.125. The summed E-state index contributed by atoms with van der Waals surface area (Å²) in [6, 6.07) is 11.9. The topological polar surface area (TPSA) is 76.0 Å². The number of nitrogens with one attached hydrogen (secondary N) is 2. The third kappa shape index (κ3) is 7.62. The molecule has 0 bridgehead atoms. The molecule has 3 aromatic rings. The molecule has 1 heterocycles. The molecular formula is C24H26ClF3N4O2. The Bertz CT molecular complexity index is 1130. The number of anilines is 2. The van der Waals surface area contributed by atoms with Crippen molar-refractivity contribution in [3.8, 4) is 5.69 Å². The lowest BCUT2D eigenvalue weighted by Crippen LogP contribution is -2.20. The van der Waals surface area contributed by atoms with E-state index >= 15 is 0 Å². The molecule has 0 aliphatic heterocycles. The molecule has 0 fully saturated rings. The van der Waals surface area contributed by atoms with E-state index in [4.69, 9.17) is 11.6 Å². The Morgan fingerprint density at radius 3 is 2.12 bits per heavy atom. The molecule has 2 amide bonds. The summed E-state index contributed by atoms with van der Waals surface area (Å²) in [6.07, 6.45) is -3.75. The van der Waals surface area contributed by atoms with Crippen molar-refractivity contribution in [1.29, 1.82) is 0 Å². The summed E-state index contributed by atoms with van der Waals surface area (Å²) in [4.78, 5) is 24.2. The summed E-state index contributed by atoms with van der Waals surface area (Å²) in [5.41, 5.74) is -1.26. The zero-order valence-corrected chi connectivity index (χ0v) is 20.0. The fraction of sp³-hybridized carbons (Fsp3) is 0.292. The monoisotopic (exact) mass is 494 g/mol. The lowest BCUT2D eigenvalue weighted by Gasteiger charge is -2.13. The molecule has 0 atom stereocenters. The van der Waals surface area contributed by atoms with E-state index in [9.17, 15) is 22.8 Å². The van der Waals surface area contributed by atoms with Crippen LogP contribution in [0.25, 0.3) is 5.69 Å². The lowest BCUT2D eigenvalue weighted by molar-refractivity contribution is -0.143. The molecule has 1 aromatic heterocycles. The highest BCUT2D eigenvalue weighted by Crippen LogP contribution is 2.34. The van der Waals surface area contributed by atoms with Crippen LogP contribution in [0.2, 0.25) is 5.02 Å². The highest BCUT2D eigenvalue weighted by molar-refractivity contribution is 6.31. The molecule has 10 heteroatoms.